The van der Waals surface area contributed by atoms with Gasteiger partial charge in [-0.25, -0.2) is 4.39 Å². The second-order valence-corrected chi connectivity index (χ2v) is 8.11. The van der Waals surface area contributed by atoms with Gasteiger partial charge >= 0.3 is 0 Å². The van der Waals surface area contributed by atoms with Crippen LogP contribution in [0.3, 0.4) is 0 Å². The van der Waals surface area contributed by atoms with Crippen molar-refractivity contribution in [2.24, 2.45) is 5.41 Å². The van der Waals surface area contributed by atoms with Crippen molar-refractivity contribution >= 4 is 11.8 Å². The minimum Gasteiger partial charge on any atom is -0.464 e. The Morgan fingerprint density at radius 1 is 1.07 bits per heavy atom. The van der Waals surface area contributed by atoms with E-state index in [9.17, 15) is 14.0 Å². The third-order valence-corrected chi connectivity index (χ3v) is 4.39. The van der Waals surface area contributed by atoms with Gasteiger partial charge in [-0.3, -0.25) is 9.59 Å². The van der Waals surface area contributed by atoms with Gasteiger partial charge in [0, 0.05) is 18.5 Å². The maximum absolute atomic E-state index is 13.2. The van der Waals surface area contributed by atoms with Crippen LogP contribution in [-0.2, 0) is 22.7 Å². The molecule has 0 spiro atoms. The molecule has 0 bridgehead atoms. The average molecular weight is 400 g/mol. The van der Waals surface area contributed by atoms with Crippen LogP contribution < -0.4 is 0 Å². The fourth-order valence-electron chi connectivity index (χ4n) is 2.91. The van der Waals surface area contributed by atoms with Gasteiger partial charge in [0.25, 0.3) is 0 Å². The fourth-order valence-corrected chi connectivity index (χ4v) is 2.91. The van der Waals surface area contributed by atoms with Gasteiger partial charge in [0.15, 0.2) is 0 Å². The molecule has 6 heteroatoms. The molecule has 0 N–H and O–H groups in total. The molecule has 2 amide bonds. The van der Waals surface area contributed by atoms with E-state index in [1.165, 1.54) is 17.0 Å². The summed E-state index contributed by atoms with van der Waals surface area (Å²) in [6, 6.07) is 9.67. The molecule has 0 fully saturated rings. The molecule has 2 rings (SSSR count). The molecule has 0 saturated heterocycles. The monoisotopic (exact) mass is 400 g/mol. The van der Waals surface area contributed by atoms with Gasteiger partial charge in [-0.05, 0) is 36.8 Å². The summed E-state index contributed by atoms with van der Waals surface area (Å²) in [6.07, 6.45) is 1.61. The third-order valence-electron chi connectivity index (χ3n) is 4.39. The molecule has 2 aromatic rings. The standard InChI is InChI=1S/C23H29FN2O3/c1-6-13-25(22(28)23(3,4)5)16-21(27)26(15-20-12-7-17(2)29-20)14-18-8-10-19(24)11-9-18/h6-12H,1,13-16H2,2-5H3. The summed E-state index contributed by atoms with van der Waals surface area (Å²) in [6.45, 7) is 11.7. The van der Waals surface area contributed by atoms with Crippen LogP contribution in [0.1, 0.15) is 37.9 Å². The van der Waals surface area contributed by atoms with Crippen molar-refractivity contribution in [2.75, 3.05) is 13.1 Å². The Bertz CT molecular complexity index is 850. The molecule has 1 aromatic heterocycles. The van der Waals surface area contributed by atoms with Gasteiger partial charge in [0.2, 0.25) is 11.8 Å². The molecule has 0 atom stereocenters. The number of carbonyl (C=O) groups is 2. The molecular weight excluding hydrogens is 371 g/mol. The first-order valence-electron chi connectivity index (χ1n) is 9.58. The Morgan fingerprint density at radius 3 is 2.24 bits per heavy atom. The summed E-state index contributed by atoms with van der Waals surface area (Å²) in [5.74, 6) is 0.728. The smallest absolute Gasteiger partial charge is 0.242 e. The van der Waals surface area contributed by atoms with Crippen LogP contribution in [0.2, 0.25) is 0 Å². The molecular formula is C23H29FN2O3. The lowest BCUT2D eigenvalue weighted by Crippen LogP contribution is -2.46. The normalized spacial score (nSPS) is 11.2. The van der Waals surface area contributed by atoms with Gasteiger partial charge in [-0.15, -0.1) is 6.58 Å². The zero-order valence-corrected chi connectivity index (χ0v) is 17.6. The number of furan rings is 1. The molecule has 0 radical (unpaired) electrons. The van der Waals surface area contributed by atoms with Crippen LogP contribution in [0.5, 0.6) is 0 Å². The zero-order chi connectivity index (χ0) is 21.6. The molecule has 0 saturated carbocycles. The molecule has 1 aromatic carbocycles. The first-order chi connectivity index (χ1) is 13.6. The summed E-state index contributed by atoms with van der Waals surface area (Å²) in [5.41, 5.74) is 0.184. The molecule has 0 aliphatic rings. The highest BCUT2D eigenvalue weighted by molar-refractivity contribution is 5.87. The van der Waals surface area contributed by atoms with Gasteiger partial charge in [-0.2, -0.15) is 0 Å². The van der Waals surface area contributed by atoms with Crippen LogP contribution in [0.25, 0.3) is 0 Å². The third kappa shape index (κ3) is 6.59. The van der Waals surface area contributed by atoms with E-state index in [-0.39, 0.29) is 43.8 Å². The molecule has 0 unspecified atom stereocenters. The van der Waals surface area contributed by atoms with Crippen molar-refractivity contribution in [3.63, 3.8) is 0 Å². The molecule has 0 aliphatic heterocycles. The number of benzene rings is 1. The number of aryl methyl sites for hydroxylation is 1. The predicted molar refractivity (Wildman–Crippen MR) is 110 cm³/mol. The van der Waals surface area contributed by atoms with Crippen molar-refractivity contribution in [2.45, 2.75) is 40.8 Å². The number of hydrogen-bond donors (Lipinski definition) is 0. The van der Waals surface area contributed by atoms with Crippen LogP contribution in [0.15, 0.2) is 53.5 Å². The number of hydrogen-bond acceptors (Lipinski definition) is 3. The summed E-state index contributed by atoms with van der Waals surface area (Å²) >= 11 is 0. The van der Waals surface area contributed by atoms with Crippen LogP contribution in [0.4, 0.5) is 4.39 Å². The largest absolute Gasteiger partial charge is 0.464 e. The molecule has 156 valence electrons. The van der Waals surface area contributed by atoms with E-state index >= 15 is 0 Å². The predicted octanol–water partition coefficient (Wildman–Crippen LogP) is 4.32. The van der Waals surface area contributed by atoms with Gasteiger partial charge < -0.3 is 14.2 Å². The van der Waals surface area contributed by atoms with E-state index in [0.29, 0.717) is 5.76 Å². The van der Waals surface area contributed by atoms with E-state index in [1.54, 1.807) is 23.1 Å². The second-order valence-electron chi connectivity index (χ2n) is 8.11. The Morgan fingerprint density at radius 2 is 1.72 bits per heavy atom. The fraction of sp³-hybridized carbons (Fsp3) is 0.391. The molecule has 1 heterocycles. The lowest BCUT2D eigenvalue weighted by molar-refractivity contribution is -0.145. The van der Waals surface area contributed by atoms with E-state index < -0.39 is 5.41 Å². The average Bonchev–Trinajstić information content (AvgIpc) is 3.06. The highest BCUT2D eigenvalue weighted by Gasteiger charge is 2.29. The van der Waals surface area contributed by atoms with Crippen molar-refractivity contribution in [3.05, 3.63) is 72.0 Å². The van der Waals surface area contributed by atoms with E-state index in [0.717, 1.165) is 11.3 Å². The number of halogens is 1. The topological polar surface area (TPSA) is 53.8 Å². The molecule has 5 nitrogen and oxygen atoms in total. The van der Waals surface area contributed by atoms with Gasteiger partial charge in [0.05, 0.1) is 6.54 Å². The second kappa shape index (κ2) is 9.54. The highest BCUT2D eigenvalue weighted by Crippen LogP contribution is 2.19. The summed E-state index contributed by atoms with van der Waals surface area (Å²) in [4.78, 5) is 29.0. The number of rotatable bonds is 8. The highest BCUT2D eigenvalue weighted by atomic mass is 19.1. The Balaban J connectivity index is 2.22. The number of carbonyl (C=O) groups excluding carboxylic acids is 2. The van der Waals surface area contributed by atoms with Gasteiger partial charge in [0.1, 0.15) is 23.9 Å². The molecule has 29 heavy (non-hydrogen) atoms. The summed E-state index contributed by atoms with van der Waals surface area (Å²) in [5, 5.41) is 0. The minimum absolute atomic E-state index is 0.0665. The lowest BCUT2D eigenvalue weighted by atomic mass is 9.94. The van der Waals surface area contributed by atoms with Crippen molar-refractivity contribution < 1.29 is 18.4 Å². The van der Waals surface area contributed by atoms with Crippen LogP contribution in [-0.4, -0.2) is 34.7 Å². The minimum atomic E-state index is -0.608. The van der Waals surface area contributed by atoms with E-state index in [4.69, 9.17) is 4.42 Å². The molecule has 0 aliphatic carbocycles. The Kier molecular flexibility index (Phi) is 7.37. The van der Waals surface area contributed by atoms with Crippen molar-refractivity contribution in [1.29, 1.82) is 0 Å². The Labute approximate surface area is 171 Å². The maximum Gasteiger partial charge on any atom is 0.242 e. The van der Waals surface area contributed by atoms with Crippen molar-refractivity contribution in [1.82, 2.24) is 9.80 Å². The SMILES string of the molecule is C=CCN(CC(=O)N(Cc1ccc(F)cc1)Cc1ccc(C)o1)C(=O)C(C)(C)C. The summed E-state index contributed by atoms with van der Waals surface area (Å²) in [7, 11) is 0. The van der Waals surface area contributed by atoms with E-state index in [1.807, 2.05) is 39.8 Å². The van der Waals surface area contributed by atoms with Crippen LogP contribution >= 0.6 is 0 Å². The van der Waals surface area contributed by atoms with E-state index in [2.05, 4.69) is 6.58 Å². The summed E-state index contributed by atoms with van der Waals surface area (Å²) < 4.78 is 18.9. The first kappa shape index (κ1) is 22.4. The Hall–Kier alpha value is -2.89. The quantitative estimate of drug-likeness (QED) is 0.620. The van der Waals surface area contributed by atoms with Gasteiger partial charge in [-0.1, -0.05) is 39.0 Å². The maximum atomic E-state index is 13.2. The van der Waals surface area contributed by atoms with Crippen molar-refractivity contribution in [3.8, 4) is 0 Å². The zero-order valence-electron chi connectivity index (χ0n) is 17.6. The lowest BCUT2D eigenvalue weighted by Gasteiger charge is -2.30. The number of amides is 2. The number of nitrogens with zero attached hydrogens (tertiary/aromatic N) is 2. The van der Waals surface area contributed by atoms with Crippen LogP contribution in [0, 0.1) is 18.2 Å². The first-order valence-corrected chi connectivity index (χ1v) is 9.58.